The van der Waals surface area contributed by atoms with E-state index in [9.17, 15) is 19.2 Å². The second kappa shape index (κ2) is 9.61. The van der Waals surface area contributed by atoms with Crippen LogP contribution in [-0.2, 0) is 42.9 Å². The summed E-state index contributed by atoms with van der Waals surface area (Å²) in [4.78, 5) is 67.0. The molecule has 1 aromatic rings. The fourth-order valence-corrected chi connectivity index (χ4v) is 9.79. The van der Waals surface area contributed by atoms with Gasteiger partial charge in [0.2, 0.25) is 5.78 Å². The van der Waals surface area contributed by atoms with Crippen LogP contribution in [0.5, 0.6) is 0 Å². The van der Waals surface area contributed by atoms with Gasteiger partial charge >= 0.3 is 23.9 Å². The van der Waals surface area contributed by atoms with Gasteiger partial charge in [-0.25, -0.2) is 4.79 Å². The van der Waals surface area contributed by atoms with Crippen LogP contribution >= 0.6 is 0 Å². The lowest BCUT2D eigenvalue weighted by Gasteiger charge is -2.50. The average molecular weight is 597 g/mol. The summed E-state index contributed by atoms with van der Waals surface area (Å²) in [6, 6.07) is 8.46. The van der Waals surface area contributed by atoms with Gasteiger partial charge in [-0.2, -0.15) is 0 Å². The zero-order chi connectivity index (χ0) is 31.3. The van der Waals surface area contributed by atoms with Crippen LogP contribution in [0.1, 0.15) is 71.7 Å². The van der Waals surface area contributed by atoms with Crippen LogP contribution in [0.25, 0.3) is 0 Å². The van der Waals surface area contributed by atoms with Crippen molar-refractivity contribution in [2.75, 3.05) is 6.61 Å². The zero-order valence-electron chi connectivity index (χ0n) is 25.7. The normalized spacial score (nSPS) is 43.3. The maximum absolute atomic E-state index is 15.1. The number of fused-ring (bicyclic) bond motifs is 2. The number of ether oxygens (including phenoxy) is 5. The van der Waals surface area contributed by atoms with Crippen LogP contribution in [-0.4, -0.2) is 65.8 Å². The Bertz CT molecular complexity index is 1390. The Balaban J connectivity index is 1.64. The summed E-state index contributed by atoms with van der Waals surface area (Å²) in [5.41, 5.74) is -4.40. The van der Waals surface area contributed by atoms with Crippen molar-refractivity contribution >= 4 is 29.7 Å². The SMILES string of the molecule is CC(=O)OC1C(C)CC2(OC(C)=O)C(=O)C3(C)OCC4(C(OC(C)=O)CC5C(C34)C5(C)C)C(OC(=O)c3ccccc3)C12. The average Bonchev–Trinajstić information content (AvgIpc) is 3.18. The molecule has 0 N–H and O–H groups in total. The summed E-state index contributed by atoms with van der Waals surface area (Å²) in [6.07, 6.45) is -2.35. The fourth-order valence-electron chi connectivity index (χ4n) is 9.79. The number of carbonyl (C=O) groups excluding carboxylic acids is 5. The van der Waals surface area contributed by atoms with Gasteiger partial charge in [0.15, 0.2) is 5.60 Å². The molecular weight excluding hydrogens is 556 g/mol. The van der Waals surface area contributed by atoms with E-state index in [0.717, 1.165) is 0 Å². The van der Waals surface area contributed by atoms with Crippen LogP contribution in [0.4, 0.5) is 0 Å². The van der Waals surface area contributed by atoms with E-state index in [1.54, 1.807) is 37.3 Å². The van der Waals surface area contributed by atoms with Gasteiger partial charge in [-0.05, 0) is 48.6 Å². The molecule has 11 atom stereocenters. The van der Waals surface area contributed by atoms with Crippen LogP contribution in [0.2, 0.25) is 0 Å². The van der Waals surface area contributed by atoms with Gasteiger partial charge < -0.3 is 23.7 Å². The molecule has 10 nitrogen and oxygen atoms in total. The van der Waals surface area contributed by atoms with Crippen molar-refractivity contribution in [1.82, 2.24) is 0 Å². The number of Topliss-reactive ketones (excluding diaryl/α,β-unsaturated/α-hetero) is 1. The number of carbonyl (C=O) groups is 5. The van der Waals surface area contributed by atoms with Crippen molar-refractivity contribution in [3.05, 3.63) is 35.9 Å². The predicted octanol–water partition coefficient (Wildman–Crippen LogP) is 3.68. The standard InChI is InChI=1S/C33H40O10/c1-16-14-33(43-19(4)36)24(25(16)41-18(3)35)27(42-28(37)20-11-9-8-10-12-20)32-15-39-31(7,29(33)38)26(32)23-21(30(23,5)6)13-22(32)40-17(2)34/h8-12,16,21-27H,13-15H2,1-7H3. The van der Waals surface area contributed by atoms with E-state index in [2.05, 4.69) is 13.8 Å². The Labute approximate surface area is 251 Å². The molecule has 43 heavy (non-hydrogen) atoms. The Morgan fingerprint density at radius 3 is 2.14 bits per heavy atom. The number of rotatable bonds is 5. The molecule has 1 heterocycles. The third-order valence-corrected chi connectivity index (χ3v) is 11.3. The Morgan fingerprint density at radius 1 is 0.884 bits per heavy atom. The van der Waals surface area contributed by atoms with E-state index < -0.39 is 82.3 Å². The van der Waals surface area contributed by atoms with Gasteiger partial charge in [0.05, 0.1) is 23.5 Å². The third kappa shape index (κ3) is 4.04. The Hall–Kier alpha value is -3.27. The van der Waals surface area contributed by atoms with E-state index >= 15 is 4.79 Å². The third-order valence-electron chi connectivity index (χ3n) is 11.3. The molecule has 0 radical (unpaired) electrons. The highest BCUT2D eigenvalue weighted by atomic mass is 16.6. The molecule has 0 spiro atoms. The summed E-state index contributed by atoms with van der Waals surface area (Å²) in [5, 5.41) is 0. The van der Waals surface area contributed by atoms with Crippen molar-refractivity contribution in [3.63, 3.8) is 0 Å². The van der Waals surface area contributed by atoms with E-state index in [1.807, 2.05) is 6.92 Å². The quantitative estimate of drug-likeness (QED) is 0.366. The molecule has 232 valence electrons. The van der Waals surface area contributed by atoms with Crippen LogP contribution < -0.4 is 0 Å². The number of esters is 4. The van der Waals surface area contributed by atoms with Gasteiger partial charge in [0.1, 0.15) is 23.9 Å². The van der Waals surface area contributed by atoms with Crippen LogP contribution in [0.15, 0.2) is 30.3 Å². The predicted molar refractivity (Wildman–Crippen MR) is 149 cm³/mol. The summed E-state index contributed by atoms with van der Waals surface area (Å²) in [7, 11) is 0. The molecule has 4 aliphatic carbocycles. The monoisotopic (exact) mass is 596 g/mol. The van der Waals surface area contributed by atoms with Gasteiger partial charge in [0, 0.05) is 33.1 Å². The molecule has 0 amide bonds. The molecule has 1 aliphatic heterocycles. The summed E-state index contributed by atoms with van der Waals surface area (Å²) >= 11 is 0. The first-order valence-corrected chi connectivity index (χ1v) is 15.1. The fraction of sp³-hybridized carbons (Fsp3) is 0.667. The number of benzene rings is 1. The second-order valence-electron chi connectivity index (χ2n) is 14.1. The van der Waals surface area contributed by atoms with Gasteiger partial charge in [-0.1, -0.05) is 39.0 Å². The van der Waals surface area contributed by atoms with E-state index in [-0.39, 0.29) is 35.8 Å². The van der Waals surface area contributed by atoms with Crippen molar-refractivity contribution in [1.29, 1.82) is 0 Å². The first kappa shape index (κ1) is 29.8. The molecule has 11 unspecified atom stereocenters. The second-order valence-corrected chi connectivity index (χ2v) is 14.1. The minimum atomic E-state index is -1.82. The maximum atomic E-state index is 15.1. The van der Waals surface area contributed by atoms with E-state index in [0.29, 0.717) is 6.42 Å². The zero-order valence-corrected chi connectivity index (χ0v) is 25.7. The largest absolute Gasteiger partial charge is 0.462 e. The lowest BCUT2D eigenvalue weighted by Crippen LogP contribution is -2.62. The smallest absolute Gasteiger partial charge is 0.338 e. The lowest BCUT2D eigenvalue weighted by atomic mass is 9.57. The highest BCUT2D eigenvalue weighted by molar-refractivity contribution is 5.99. The molecule has 5 fully saturated rings. The molecule has 1 aromatic carbocycles. The highest BCUT2D eigenvalue weighted by Crippen LogP contribution is 2.78. The van der Waals surface area contributed by atoms with Gasteiger partial charge in [-0.3, -0.25) is 19.2 Å². The van der Waals surface area contributed by atoms with Crippen LogP contribution in [0, 0.1) is 40.4 Å². The van der Waals surface area contributed by atoms with E-state index in [4.69, 9.17) is 23.7 Å². The molecule has 0 aromatic heterocycles. The van der Waals surface area contributed by atoms with Gasteiger partial charge in [-0.15, -0.1) is 0 Å². The van der Waals surface area contributed by atoms with Crippen molar-refractivity contribution in [3.8, 4) is 0 Å². The van der Waals surface area contributed by atoms with Gasteiger partial charge in [0.25, 0.3) is 0 Å². The maximum Gasteiger partial charge on any atom is 0.338 e. The van der Waals surface area contributed by atoms with Crippen molar-refractivity contribution in [2.24, 2.45) is 40.4 Å². The molecule has 5 aliphatic rings. The lowest BCUT2D eigenvalue weighted by molar-refractivity contribution is -0.207. The highest BCUT2D eigenvalue weighted by Gasteiger charge is 2.86. The minimum Gasteiger partial charge on any atom is -0.462 e. The van der Waals surface area contributed by atoms with Crippen molar-refractivity contribution in [2.45, 2.75) is 90.8 Å². The molecule has 6 rings (SSSR count). The first-order valence-electron chi connectivity index (χ1n) is 15.1. The summed E-state index contributed by atoms with van der Waals surface area (Å²) in [5.74, 6) is -4.80. The number of ketones is 1. The Kier molecular flexibility index (Phi) is 6.66. The van der Waals surface area contributed by atoms with Crippen molar-refractivity contribution < 1.29 is 47.7 Å². The number of hydrogen-bond donors (Lipinski definition) is 0. The topological polar surface area (TPSA) is 132 Å². The van der Waals surface area contributed by atoms with Crippen LogP contribution in [0.3, 0.4) is 0 Å². The first-order chi connectivity index (χ1) is 20.1. The molecule has 2 bridgehead atoms. The molecular formula is C33H40O10. The Morgan fingerprint density at radius 2 is 1.53 bits per heavy atom. The molecule has 10 heteroatoms. The molecule has 4 saturated carbocycles. The summed E-state index contributed by atoms with van der Waals surface area (Å²) < 4.78 is 31.2. The number of hydrogen-bond acceptors (Lipinski definition) is 10. The van der Waals surface area contributed by atoms with E-state index in [1.165, 1.54) is 20.8 Å². The summed E-state index contributed by atoms with van der Waals surface area (Å²) in [6.45, 7) is 11.6. The minimum absolute atomic E-state index is 0.0218. The molecule has 1 saturated heterocycles.